The first-order valence-electron chi connectivity index (χ1n) is 10.8. The van der Waals surface area contributed by atoms with Gasteiger partial charge in [-0.15, -0.1) is 0 Å². The minimum Gasteiger partial charge on any atom is -0.497 e. The number of ketones is 1. The molecular formula is C25H22O8. The summed E-state index contributed by atoms with van der Waals surface area (Å²) in [5.74, 6) is -1.74. The second-order valence-electron chi connectivity index (χ2n) is 8.60. The molecule has 0 amide bonds. The van der Waals surface area contributed by atoms with Crippen molar-refractivity contribution in [3.05, 3.63) is 59.7 Å². The van der Waals surface area contributed by atoms with Crippen LogP contribution in [0.4, 0.5) is 0 Å². The van der Waals surface area contributed by atoms with Crippen LogP contribution in [0.2, 0.25) is 0 Å². The highest BCUT2D eigenvalue weighted by Crippen LogP contribution is 2.57. The van der Waals surface area contributed by atoms with E-state index in [1.165, 1.54) is 31.4 Å². The molecule has 2 bridgehead atoms. The summed E-state index contributed by atoms with van der Waals surface area (Å²) in [6, 6.07) is 12.6. The Hall–Kier alpha value is -3.68. The highest BCUT2D eigenvalue weighted by Gasteiger charge is 2.64. The molecule has 1 aliphatic heterocycles. The van der Waals surface area contributed by atoms with Gasteiger partial charge < -0.3 is 18.9 Å². The van der Waals surface area contributed by atoms with Crippen molar-refractivity contribution in [1.29, 1.82) is 0 Å². The number of benzene rings is 2. The lowest BCUT2D eigenvalue weighted by atomic mass is 9.80. The molecule has 8 nitrogen and oxygen atoms in total. The van der Waals surface area contributed by atoms with Crippen LogP contribution in [-0.2, 0) is 19.1 Å². The van der Waals surface area contributed by atoms with Gasteiger partial charge in [0, 0.05) is 11.5 Å². The van der Waals surface area contributed by atoms with Gasteiger partial charge >= 0.3 is 17.9 Å². The fourth-order valence-corrected chi connectivity index (χ4v) is 5.27. The van der Waals surface area contributed by atoms with Gasteiger partial charge in [0.15, 0.2) is 12.4 Å². The summed E-state index contributed by atoms with van der Waals surface area (Å²) in [4.78, 5) is 49.5. The van der Waals surface area contributed by atoms with Crippen molar-refractivity contribution in [2.45, 2.75) is 18.9 Å². The van der Waals surface area contributed by atoms with Gasteiger partial charge in [-0.05, 0) is 61.2 Å². The molecule has 33 heavy (non-hydrogen) atoms. The van der Waals surface area contributed by atoms with Crippen molar-refractivity contribution in [3.63, 3.8) is 0 Å². The normalized spacial score (nSPS) is 26.6. The molecule has 2 aromatic rings. The minimum absolute atomic E-state index is 0.0604. The summed E-state index contributed by atoms with van der Waals surface area (Å²) in [7, 11) is 1.51. The predicted octanol–water partition coefficient (Wildman–Crippen LogP) is 2.84. The van der Waals surface area contributed by atoms with Crippen LogP contribution >= 0.6 is 0 Å². The van der Waals surface area contributed by atoms with Crippen LogP contribution in [0.5, 0.6) is 11.5 Å². The molecule has 0 spiro atoms. The quantitative estimate of drug-likeness (QED) is 0.360. The third-order valence-corrected chi connectivity index (χ3v) is 6.79. The Morgan fingerprint density at radius 1 is 1.00 bits per heavy atom. The van der Waals surface area contributed by atoms with Crippen molar-refractivity contribution in [1.82, 2.24) is 0 Å². The molecule has 0 N–H and O–H groups in total. The maximum absolute atomic E-state index is 12.6. The molecule has 2 aliphatic carbocycles. The third kappa shape index (κ3) is 3.86. The zero-order valence-corrected chi connectivity index (χ0v) is 17.9. The lowest BCUT2D eigenvalue weighted by Crippen LogP contribution is -2.34. The van der Waals surface area contributed by atoms with E-state index in [0.29, 0.717) is 23.3 Å². The lowest BCUT2D eigenvalue weighted by molar-refractivity contribution is -0.154. The van der Waals surface area contributed by atoms with Gasteiger partial charge in [-0.2, -0.15) is 0 Å². The number of carbonyl (C=O) groups excluding carboxylic acids is 4. The Morgan fingerprint density at radius 2 is 1.79 bits per heavy atom. The predicted molar refractivity (Wildman–Crippen MR) is 113 cm³/mol. The standard InChI is InChI=1S/C25H22O8/c1-30-17-4-2-3-14(9-17)23(27)32-16-7-5-13(6-8-16)19(26)12-31-24(28)21-15-10-18-20(11-15)33-25(29)22(18)21/h2-9,15,18,20-22H,10-12H2,1H3/t15-,18+,20+,21-,22+/m1/s1. The van der Waals surface area contributed by atoms with E-state index in [2.05, 4.69) is 0 Å². The number of fused-ring (bicyclic) bond motifs is 1. The van der Waals surface area contributed by atoms with E-state index < -0.39 is 30.4 Å². The van der Waals surface area contributed by atoms with Gasteiger partial charge in [0.25, 0.3) is 0 Å². The van der Waals surface area contributed by atoms with E-state index in [-0.39, 0.29) is 35.4 Å². The molecule has 5 rings (SSSR count). The van der Waals surface area contributed by atoms with Gasteiger partial charge in [0.1, 0.15) is 17.6 Å². The molecule has 3 aliphatic rings. The highest BCUT2D eigenvalue weighted by atomic mass is 16.6. The van der Waals surface area contributed by atoms with E-state index >= 15 is 0 Å². The summed E-state index contributed by atoms with van der Waals surface area (Å²) >= 11 is 0. The second-order valence-corrected chi connectivity index (χ2v) is 8.60. The van der Waals surface area contributed by atoms with E-state index in [1.807, 2.05) is 0 Å². The van der Waals surface area contributed by atoms with Crippen LogP contribution in [0.25, 0.3) is 0 Å². The van der Waals surface area contributed by atoms with Gasteiger partial charge in [-0.25, -0.2) is 4.79 Å². The first-order chi connectivity index (χ1) is 15.9. The summed E-state index contributed by atoms with van der Waals surface area (Å²) < 4.78 is 21.0. The van der Waals surface area contributed by atoms with E-state index in [1.54, 1.807) is 24.3 Å². The van der Waals surface area contributed by atoms with E-state index in [4.69, 9.17) is 18.9 Å². The smallest absolute Gasteiger partial charge is 0.343 e. The maximum Gasteiger partial charge on any atom is 0.343 e. The lowest BCUT2D eigenvalue weighted by Gasteiger charge is -2.22. The number of ether oxygens (including phenoxy) is 4. The van der Waals surface area contributed by atoms with E-state index in [9.17, 15) is 19.2 Å². The Morgan fingerprint density at radius 3 is 2.55 bits per heavy atom. The Bertz CT molecular complexity index is 1120. The molecule has 1 heterocycles. The maximum atomic E-state index is 12.6. The van der Waals surface area contributed by atoms with Crippen molar-refractivity contribution in [2.75, 3.05) is 13.7 Å². The zero-order chi connectivity index (χ0) is 23.1. The summed E-state index contributed by atoms with van der Waals surface area (Å²) in [6.07, 6.45) is 1.43. The van der Waals surface area contributed by atoms with Crippen LogP contribution in [0.15, 0.2) is 48.5 Å². The first kappa shape index (κ1) is 21.2. The largest absolute Gasteiger partial charge is 0.497 e. The number of methoxy groups -OCH3 is 1. The van der Waals surface area contributed by atoms with Crippen LogP contribution in [0.3, 0.4) is 0 Å². The van der Waals surface area contributed by atoms with Crippen LogP contribution in [0, 0.1) is 23.7 Å². The Labute approximate surface area is 189 Å². The van der Waals surface area contributed by atoms with Gasteiger partial charge in [-0.1, -0.05) is 6.07 Å². The molecule has 5 atom stereocenters. The number of esters is 3. The summed E-state index contributed by atoms with van der Waals surface area (Å²) in [5, 5.41) is 0. The van der Waals surface area contributed by atoms with Crippen molar-refractivity contribution in [3.8, 4) is 11.5 Å². The van der Waals surface area contributed by atoms with Crippen LogP contribution in [0.1, 0.15) is 33.6 Å². The molecule has 170 valence electrons. The van der Waals surface area contributed by atoms with Gasteiger partial charge in [-0.3, -0.25) is 14.4 Å². The number of Topliss-reactive ketones (excluding diaryl/α,β-unsaturated/α-hetero) is 1. The van der Waals surface area contributed by atoms with Crippen molar-refractivity contribution >= 4 is 23.7 Å². The second kappa shape index (κ2) is 8.35. The average Bonchev–Trinajstić information content (AvgIpc) is 3.46. The Kier molecular flexibility index (Phi) is 5.36. The summed E-state index contributed by atoms with van der Waals surface area (Å²) in [6.45, 7) is -0.416. The van der Waals surface area contributed by atoms with Crippen molar-refractivity contribution in [2.24, 2.45) is 23.7 Å². The number of hydrogen-bond acceptors (Lipinski definition) is 8. The summed E-state index contributed by atoms with van der Waals surface area (Å²) in [5.41, 5.74) is 0.650. The molecule has 0 aromatic heterocycles. The van der Waals surface area contributed by atoms with Crippen molar-refractivity contribution < 1.29 is 38.1 Å². The van der Waals surface area contributed by atoms with Crippen LogP contribution in [-0.4, -0.2) is 43.5 Å². The molecule has 0 unspecified atom stereocenters. The molecule has 8 heteroatoms. The van der Waals surface area contributed by atoms with Gasteiger partial charge in [0.05, 0.1) is 24.5 Å². The number of carbonyl (C=O) groups is 4. The zero-order valence-electron chi connectivity index (χ0n) is 17.9. The van der Waals surface area contributed by atoms with Crippen LogP contribution < -0.4 is 9.47 Å². The molecule has 1 saturated heterocycles. The fraction of sp³-hybridized carbons (Fsp3) is 0.360. The first-order valence-corrected chi connectivity index (χ1v) is 10.8. The average molecular weight is 450 g/mol. The molecule has 0 radical (unpaired) electrons. The van der Waals surface area contributed by atoms with Gasteiger partial charge in [0.2, 0.25) is 0 Å². The highest BCUT2D eigenvalue weighted by molar-refractivity contribution is 5.98. The fourth-order valence-electron chi connectivity index (χ4n) is 5.27. The molecule has 2 aromatic carbocycles. The number of hydrogen-bond donors (Lipinski definition) is 0. The molecular weight excluding hydrogens is 428 g/mol. The monoisotopic (exact) mass is 450 g/mol. The minimum atomic E-state index is -0.555. The third-order valence-electron chi connectivity index (χ3n) is 6.79. The topological polar surface area (TPSA) is 105 Å². The molecule has 2 saturated carbocycles. The molecule has 3 fully saturated rings. The number of rotatable bonds is 7. The SMILES string of the molecule is COc1cccc(C(=O)Oc2ccc(C(=O)COC(=O)[C@@H]3[C@@H]4C[C@@H]5[C@@H]3C(=O)O[C@H]5C4)cc2)c1. The van der Waals surface area contributed by atoms with E-state index in [0.717, 1.165) is 6.42 Å². The Balaban J connectivity index is 1.16.